The second-order valence-electron chi connectivity index (χ2n) is 5.70. The summed E-state index contributed by atoms with van der Waals surface area (Å²) in [5, 5.41) is 6.64. The summed E-state index contributed by atoms with van der Waals surface area (Å²) in [6.45, 7) is 3.06. The van der Waals surface area contributed by atoms with E-state index in [1.807, 2.05) is 0 Å². The molecular formula is C13H22N2O2. The van der Waals surface area contributed by atoms with Crippen LogP contribution in [0.5, 0.6) is 0 Å². The predicted molar refractivity (Wildman–Crippen MR) is 64.6 cm³/mol. The smallest absolute Gasteiger partial charge is 0.249 e. The fraction of sp³-hybridized carbons (Fsp3) is 0.923. The summed E-state index contributed by atoms with van der Waals surface area (Å²) in [6, 6.07) is 0.382. The van der Waals surface area contributed by atoms with Gasteiger partial charge in [0.15, 0.2) is 0 Å². The quantitative estimate of drug-likeness (QED) is 0.743. The molecule has 0 aromatic rings. The minimum atomic E-state index is -0.172. The molecule has 2 heterocycles. The minimum Gasteiger partial charge on any atom is -0.368 e. The molecule has 1 amide bonds. The molecule has 0 radical (unpaired) electrons. The van der Waals surface area contributed by atoms with E-state index < -0.39 is 0 Å². The number of amides is 1. The Morgan fingerprint density at radius 1 is 1.18 bits per heavy atom. The number of fused-ring (bicyclic) bond motifs is 1. The van der Waals surface area contributed by atoms with E-state index >= 15 is 0 Å². The highest BCUT2D eigenvalue weighted by Gasteiger charge is 2.35. The van der Waals surface area contributed by atoms with Gasteiger partial charge in [0, 0.05) is 12.6 Å². The van der Waals surface area contributed by atoms with Crippen molar-refractivity contribution in [1.82, 2.24) is 10.6 Å². The van der Waals surface area contributed by atoms with E-state index in [0.717, 1.165) is 50.7 Å². The van der Waals surface area contributed by atoms with Gasteiger partial charge in [-0.1, -0.05) is 0 Å². The summed E-state index contributed by atoms with van der Waals surface area (Å²) in [5.41, 5.74) is 0. The molecule has 2 saturated heterocycles. The fourth-order valence-corrected chi connectivity index (χ4v) is 3.51. The molecule has 0 aromatic carbocycles. The molecule has 17 heavy (non-hydrogen) atoms. The van der Waals surface area contributed by atoms with E-state index in [-0.39, 0.29) is 12.0 Å². The Kier molecular flexibility index (Phi) is 3.34. The molecule has 1 aliphatic carbocycles. The molecule has 4 atom stereocenters. The maximum Gasteiger partial charge on any atom is 0.249 e. The predicted octanol–water partition coefficient (Wildman–Crippen LogP) is 0.670. The normalized spacial score (nSPS) is 41.2. The highest BCUT2D eigenvalue weighted by molar-refractivity contribution is 5.81. The van der Waals surface area contributed by atoms with E-state index in [1.165, 1.54) is 13.0 Å². The maximum absolute atomic E-state index is 12.0. The first-order valence-corrected chi connectivity index (χ1v) is 6.95. The van der Waals surface area contributed by atoms with Gasteiger partial charge in [-0.3, -0.25) is 4.79 Å². The molecule has 2 aliphatic heterocycles. The van der Waals surface area contributed by atoms with Crippen molar-refractivity contribution in [3.8, 4) is 0 Å². The third-order valence-corrected chi connectivity index (χ3v) is 4.52. The molecule has 0 bridgehead atoms. The van der Waals surface area contributed by atoms with Crippen molar-refractivity contribution < 1.29 is 9.53 Å². The van der Waals surface area contributed by atoms with Crippen LogP contribution in [0, 0.1) is 11.8 Å². The van der Waals surface area contributed by atoms with Gasteiger partial charge in [0.2, 0.25) is 5.91 Å². The first kappa shape index (κ1) is 11.5. The lowest BCUT2D eigenvalue weighted by Crippen LogP contribution is -2.44. The van der Waals surface area contributed by atoms with Gasteiger partial charge in [0.25, 0.3) is 0 Å². The van der Waals surface area contributed by atoms with Gasteiger partial charge < -0.3 is 15.4 Å². The first-order chi connectivity index (χ1) is 8.33. The maximum atomic E-state index is 12.0. The van der Waals surface area contributed by atoms with Crippen LogP contribution in [0.15, 0.2) is 0 Å². The Balaban J connectivity index is 1.50. The Hall–Kier alpha value is -0.610. The van der Waals surface area contributed by atoms with Crippen molar-refractivity contribution in [2.45, 2.75) is 44.2 Å². The van der Waals surface area contributed by atoms with Gasteiger partial charge >= 0.3 is 0 Å². The van der Waals surface area contributed by atoms with Crippen molar-refractivity contribution in [3.05, 3.63) is 0 Å². The third kappa shape index (κ3) is 2.47. The SMILES string of the molecule is O=C(NC1CC[C@H]2CNC[C@H]2C1)C1CCCO1. The second kappa shape index (κ2) is 4.94. The van der Waals surface area contributed by atoms with Crippen LogP contribution in [0.2, 0.25) is 0 Å². The Morgan fingerprint density at radius 2 is 2.06 bits per heavy atom. The topological polar surface area (TPSA) is 50.4 Å². The van der Waals surface area contributed by atoms with Crippen LogP contribution in [-0.4, -0.2) is 37.7 Å². The Bertz CT molecular complexity index is 289. The summed E-state index contributed by atoms with van der Waals surface area (Å²) in [4.78, 5) is 12.0. The van der Waals surface area contributed by atoms with E-state index in [1.54, 1.807) is 0 Å². The Labute approximate surface area is 102 Å². The molecule has 3 rings (SSSR count). The van der Waals surface area contributed by atoms with Crippen molar-refractivity contribution in [1.29, 1.82) is 0 Å². The third-order valence-electron chi connectivity index (χ3n) is 4.52. The minimum absolute atomic E-state index is 0.122. The summed E-state index contributed by atoms with van der Waals surface area (Å²) in [6.07, 6.45) is 5.30. The molecule has 4 heteroatoms. The molecule has 3 aliphatic rings. The molecule has 2 N–H and O–H groups in total. The monoisotopic (exact) mass is 238 g/mol. The largest absolute Gasteiger partial charge is 0.368 e. The number of rotatable bonds is 2. The lowest BCUT2D eigenvalue weighted by Gasteiger charge is -2.32. The van der Waals surface area contributed by atoms with Crippen LogP contribution in [0.3, 0.4) is 0 Å². The standard InChI is InChI=1S/C13H22N2O2/c16-13(12-2-1-5-17-12)15-11-4-3-9-7-14-8-10(9)6-11/h9-12,14H,1-8H2,(H,15,16)/t9-,10+,11?,12?/m0/s1. The number of carbonyl (C=O) groups is 1. The number of ether oxygens (including phenoxy) is 1. The number of hydrogen-bond donors (Lipinski definition) is 2. The molecule has 2 unspecified atom stereocenters. The molecule has 1 saturated carbocycles. The van der Waals surface area contributed by atoms with E-state index in [4.69, 9.17) is 4.74 Å². The lowest BCUT2D eigenvalue weighted by molar-refractivity contribution is -0.131. The van der Waals surface area contributed by atoms with Crippen LogP contribution in [-0.2, 0) is 9.53 Å². The van der Waals surface area contributed by atoms with Gasteiger partial charge in [-0.15, -0.1) is 0 Å². The molecule has 0 aromatic heterocycles. The van der Waals surface area contributed by atoms with Crippen LogP contribution in [0.1, 0.15) is 32.1 Å². The zero-order valence-electron chi connectivity index (χ0n) is 10.3. The van der Waals surface area contributed by atoms with Crippen LogP contribution in [0.4, 0.5) is 0 Å². The van der Waals surface area contributed by atoms with Gasteiger partial charge in [0.1, 0.15) is 6.10 Å². The van der Waals surface area contributed by atoms with E-state index in [0.29, 0.717) is 6.04 Å². The zero-order chi connectivity index (χ0) is 11.7. The van der Waals surface area contributed by atoms with Crippen LogP contribution >= 0.6 is 0 Å². The zero-order valence-corrected chi connectivity index (χ0v) is 10.3. The Morgan fingerprint density at radius 3 is 2.88 bits per heavy atom. The summed E-state index contributed by atoms with van der Waals surface area (Å²) in [5.74, 6) is 1.75. The van der Waals surface area contributed by atoms with Gasteiger partial charge in [0.05, 0.1) is 0 Å². The van der Waals surface area contributed by atoms with Crippen molar-refractivity contribution in [2.24, 2.45) is 11.8 Å². The van der Waals surface area contributed by atoms with Crippen molar-refractivity contribution >= 4 is 5.91 Å². The second-order valence-corrected chi connectivity index (χ2v) is 5.70. The lowest BCUT2D eigenvalue weighted by atomic mass is 9.79. The molecule has 4 nitrogen and oxygen atoms in total. The average Bonchev–Trinajstić information content (AvgIpc) is 2.99. The van der Waals surface area contributed by atoms with Crippen molar-refractivity contribution in [3.63, 3.8) is 0 Å². The fourth-order valence-electron chi connectivity index (χ4n) is 3.51. The summed E-state index contributed by atoms with van der Waals surface area (Å²) >= 11 is 0. The first-order valence-electron chi connectivity index (χ1n) is 6.95. The van der Waals surface area contributed by atoms with Gasteiger partial charge in [-0.25, -0.2) is 0 Å². The van der Waals surface area contributed by atoms with Gasteiger partial charge in [-0.05, 0) is 57.0 Å². The number of carbonyl (C=O) groups excluding carboxylic acids is 1. The summed E-state index contributed by atoms with van der Waals surface area (Å²) < 4.78 is 5.42. The van der Waals surface area contributed by atoms with Crippen molar-refractivity contribution in [2.75, 3.05) is 19.7 Å². The molecule has 0 spiro atoms. The average molecular weight is 238 g/mol. The highest BCUT2D eigenvalue weighted by Crippen LogP contribution is 2.32. The highest BCUT2D eigenvalue weighted by atomic mass is 16.5. The van der Waals surface area contributed by atoms with Crippen LogP contribution in [0.25, 0.3) is 0 Å². The van der Waals surface area contributed by atoms with E-state index in [9.17, 15) is 4.79 Å². The van der Waals surface area contributed by atoms with Gasteiger partial charge in [-0.2, -0.15) is 0 Å². The van der Waals surface area contributed by atoms with Crippen LogP contribution < -0.4 is 10.6 Å². The molecular weight excluding hydrogens is 216 g/mol. The number of hydrogen-bond acceptors (Lipinski definition) is 3. The molecule has 96 valence electrons. The molecule has 3 fully saturated rings. The summed E-state index contributed by atoms with van der Waals surface area (Å²) in [7, 11) is 0. The number of nitrogens with one attached hydrogen (secondary N) is 2. The van der Waals surface area contributed by atoms with E-state index in [2.05, 4.69) is 10.6 Å².